The summed E-state index contributed by atoms with van der Waals surface area (Å²) in [5, 5.41) is 16.1. The van der Waals surface area contributed by atoms with Crippen molar-refractivity contribution in [3.8, 4) is 5.75 Å². The van der Waals surface area contributed by atoms with E-state index in [-0.39, 0.29) is 5.76 Å². The van der Waals surface area contributed by atoms with Crippen LogP contribution in [0.25, 0.3) is 11.5 Å². The molecular formula is C21H22N3O2S2+. The highest BCUT2D eigenvalue weighted by Gasteiger charge is 2.24. The molecule has 3 aromatic rings. The van der Waals surface area contributed by atoms with Gasteiger partial charge >= 0.3 is 0 Å². The first-order chi connectivity index (χ1) is 13.5. The summed E-state index contributed by atoms with van der Waals surface area (Å²) >= 11 is 7.11. The van der Waals surface area contributed by atoms with Gasteiger partial charge in [-0.1, -0.05) is 24.4 Å². The number of hydrogen-bond donors (Lipinski definition) is 2. The quantitative estimate of drug-likeness (QED) is 0.271. The van der Waals surface area contributed by atoms with Gasteiger partial charge in [0.05, 0.1) is 12.0 Å². The first-order valence-electron chi connectivity index (χ1n) is 8.61. The average Bonchev–Trinajstić information content (AvgIpc) is 3.23. The molecule has 0 saturated heterocycles. The van der Waals surface area contributed by atoms with E-state index < -0.39 is 0 Å². The molecule has 0 aliphatic heterocycles. The van der Waals surface area contributed by atoms with Gasteiger partial charge in [0, 0.05) is 43.7 Å². The minimum absolute atomic E-state index is 0.123. The summed E-state index contributed by atoms with van der Waals surface area (Å²) in [5.74, 6) is 0.849. The van der Waals surface area contributed by atoms with Crippen molar-refractivity contribution in [1.82, 2.24) is 0 Å². The summed E-state index contributed by atoms with van der Waals surface area (Å²) in [5.41, 5.74) is 2.34. The monoisotopic (exact) mass is 412 g/mol. The Kier molecular flexibility index (Phi) is 6.28. The Bertz CT molecular complexity index is 981. The first kappa shape index (κ1) is 19.9. The predicted octanol–water partition coefficient (Wildman–Crippen LogP) is 4.43. The molecule has 0 bridgehead atoms. The third-order valence-electron chi connectivity index (χ3n) is 4.11. The highest BCUT2D eigenvalue weighted by molar-refractivity contribution is 7.81. The van der Waals surface area contributed by atoms with E-state index in [2.05, 4.69) is 5.32 Å². The summed E-state index contributed by atoms with van der Waals surface area (Å²) in [6.45, 7) is 0. The second-order valence-corrected chi connectivity index (χ2v) is 7.57. The lowest BCUT2D eigenvalue weighted by molar-refractivity contribution is -0.575. The van der Waals surface area contributed by atoms with Gasteiger partial charge in [-0.25, -0.2) is 0 Å². The van der Waals surface area contributed by atoms with Crippen LogP contribution in [-0.4, -0.2) is 31.3 Å². The Morgan fingerprint density at radius 2 is 1.89 bits per heavy atom. The fraction of sp³-hybridized carbons (Fsp3) is 0.143. The first-order valence-corrected chi connectivity index (χ1v) is 9.90. The number of aliphatic hydroxyl groups is 1. The van der Waals surface area contributed by atoms with Crippen molar-refractivity contribution >= 4 is 51.4 Å². The third kappa shape index (κ3) is 4.49. The molecule has 28 heavy (non-hydrogen) atoms. The Balaban J connectivity index is 2.01. The topological polar surface area (TPSA) is 48.6 Å². The van der Waals surface area contributed by atoms with Crippen molar-refractivity contribution in [2.45, 2.75) is 0 Å². The minimum Gasteiger partial charge on any atom is -0.501 e. The summed E-state index contributed by atoms with van der Waals surface area (Å²) in [6, 6.07) is 15.2. The highest BCUT2D eigenvalue weighted by Crippen LogP contribution is 2.24. The van der Waals surface area contributed by atoms with Gasteiger partial charge in [0.1, 0.15) is 5.75 Å². The molecule has 0 unspecified atom stereocenters. The lowest BCUT2D eigenvalue weighted by atomic mass is 10.2. The zero-order valence-corrected chi connectivity index (χ0v) is 17.6. The molecule has 144 valence electrons. The number of aromatic nitrogens is 1. The van der Waals surface area contributed by atoms with Gasteiger partial charge in [0.2, 0.25) is 5.76 Å². The standard InChI is InChI=1S/C21H21N3O2S2/c1-23(2)16-9-11-24(12-10-16)19(20(25)18-8-5-13-28-18)21(27)22-15-6-4-7-17(14-15)26-3/h4-14H,1-3H3,(H-,22,25,27)/p+1. The van der Waals surface area contributed by atoms with Crippen LogP contribution in [0.5, 0.6) is 5.75 Å². The number of thiophene rings is 1. The van der Waals surface area contributed by atoms with Gasteiger partial charge in [0.15, 0.2) is 17.4 Å². The lowest BCUT2D eigenvalue weighted by Crippen LogP contribution is -2.38. The Labute approximate surface area is 174 Å². The molecule has 0 fully saturated rings. The Morgan fingerprint density at radius 1 is 1.14 bits per heavy atom. The number of benzene rings is 1. The molecule has 1 aromatic carbocycles. The van der Waals surface area contributed by atoms with Crippen LogP contribution in [0.2, 0.25) is 0 Å². The van der Waals surface area contributed by atoms with Crippen LogP contribution in [-0.2, 0) is 0 Å². The SMILES string of the molecule is COc1cccc(NC(=S)/C(=C(/O)c2cccs2)[n+]2ccc(N(C)C)cc2)c1. The number of hydrogen-bond acceptors (Lipinski definition) is 5. The molecule has 0 aliphatic rings. The molecule has 7 heteroatoms. The molecule has 2 aromatic heterocycles. The number of methoxy groups -OCH3 is 1. The smallest absolute Gasteiger partial charge is 0.289 e. The fourth-order valence-electron chi connectivity index (χ4n) is 2.63. The van der Waals surface area contributed by atoms with E-state index in [0.717, 1.165) is 22.0 Å². The summed E-state index contributed by atoms with van der Waals surface area (Å²) in [7, 11) is 5.58. The molecule has 0 radical (unpaired) electrons. The van der Waals surface area contributed by atoms with Gasteiger partial charge in [-0.3, -0.25) is 0 Å². The molecular weight excluding hydrogens is 390 g/mol. The number of ether oxygens (including phenoxy) is 1. The van der Waals surface area contributed by atoms with E-state index in [4.69, 9.17) is 17.0 Å². The molecule has 0 saturated carbocycles. The second kappa shape index (κ2) is 8.86. The summed E-state index contributed by atoms with van der Waals surface area (Å²) in [6.07, 6.45) is 3.77. The van der Waals surface area contributed by atoms with E-state index in [1.165, 1.54) is 11.3 Å². The van der Waals surface area contributed by atoms with Crippen molar-refractivity contribution in [2.75, 3.05) is 31.4 Å². The number of rotatable bonds is 6. The van der Waals surface area contributed by atoms with Crippen LogP contribution < -0.4 is 19.5 Å². The van der Waals surface area contributed by atoms with Gasteiger partial charge in [-0.05, 0) is 23.6 Å². The van der Waals surface area contributed by atoms with E-state index in [1.807, 2.05) is 89.9 Å². The Hall–Kier alpha value is -2.90. The van der Waals surface area contributed by atoms with E-state index >= 15 is 0 Å². The van der Waals surface area contributed by atoms with Crippen LogP contribution in [0.1, 0.15) is 4.88 Å². The van der Waals surface area contributed by atoms with Crippen molar-refractivity contribution in [1.29, 1.82) is 0 Å². The van der Waals surface area contributed by atoms with Crippen LogP contribution in [0.4, 0.5) is 11.4 Å². The Morgan fingerprint density at radius 3 is 2.50 bits per heavy atom. The second-order valence-electron chi connectivity index (χ2n) is 6.22. The largest absolute Gasteiger partial charge is 0.501 e. The van der Waals surface area contributed by atoms with E-state index in [1.54, 1.807) is 7.11 Å². The highest BCUT2D eigenvalue weighted by atomic mass is 32.1. The maximum absolute atomic E-state index is 11.0. The molecule has 0 amide bonds. The number of pyridine rings is 1. The molecule has 2 heterocycles. The normalized spacial score (nSPS) is 11.5. The lowest BCUT2D eigenvalue weighted by Gasteiger charge is -2.13. The maximum atomic E-state index is 11.0. The van der Waals surface area contributed by atoms with Crippen molar-refractivity contribution in [2.24, 2.45) is 0 Å². The third-order valence-corrected chi connectivity index (χ3v) is 5.28. The average molecular weight is 413 g/mol. The number of nitrogens with one attached hydrogen (secondary N) is 1. The maximum Gasteiger partial charge on any atom is 0.289 e. The fourth-order valence-corrected chi connectivity index (χ4v) is 3.62. The van der Waals surface area contributed by atoms with Gasteiger partial charge in [0.25, 0.3) is 5.70 Å². The number of thiocarbonyl (C=S) groups is 1. The molecule has 5 nitrogen and oxygen atoms in total. The van der Waals surface area contributed by atoms with Gasteiger partial charge in [-0.15, -0.1) is 11.3 Å². The van der Waals surface area contributed by atoms with Crippen LogP contribution in [0.3, 0.4) is 0 Å². The molecule has 0 atom stereocenters. The van der Waals surface area contributed by atoms with Crippen LogP contribution in [0.15, 0.2) is 66.3 Å². The van der Waals surface area contributed by atoms with Gasteiger partial charge in [-0.2, -0.15) is 4.57 Å². The summed E-state index contributed by atoms with van der Waals surface area (Å²) < 4.78 is 7.09. The van der Waals surface area contributed by atoms with Crippen LogP contribution >= 0.6 is 23.6 Å². The van der Waals surface area contributed by atoms with Crippen molar-refractivity contribution < 1.29 is 14.4 Å². The van der Waals surface area contributed by atoms with E-state index in [9.17, 15) is 5.11 Å². The van der Waals surface area contributed by atoms with Crippen LogP contribution in [0, 0.1) is 0 Å². The van der Waals surface area contributed by atoms with Crippen molar-refractivity contribution in [3.05, 3.63) is 71.2 Å². The molecule has 2 N–H and O–H groups in total. The number of anilines is 2. The van der Waals surface area contributed by atoms with E-state index in [0.29, 0.717) is 10.7 Å². The minimum atomic E-state index is 0.123. The number of aliphatic hydroxyl groups excluding tert-OH is 1. The molecule has 0 aliphatic carbocycles. The predicted molar refractivity (Wildman–Crippen MR) is 120 cm³/mol. The number of nitrogens with zero attached hydrogens (tertiary/aromatic N) is 2. The van der Waals surface area contributed by atoms with Gasteiger partial charge < -0.3 is 20.1 Å². The molecule has 3 rings (SSSR count). The zero-order valence-electron chi connectivity index (χ0n) is 15.9. The summed E-state index contributed by atoms with van der Waals surface area (Å²) in [4.78, 5) is 3.16. The zero-order chi connectivity index (χ0) is 20.1. The van der Waals surface area contributed by atoms with Crippen molar-refractivity contribution in [3.63, 3.8) is 0 Å². The molecule has 0 spiro atoms.